The van der Waals surface area contributed by atoms with Crippen molar-refractivity contribution < 1.29 is 0 Å². The van der Waals surface area contributed by atoms with Crippen molar-refractivity contribution in [1.29, 1.82) is 0 Å². The maximum absolute atomic E-state index is 5.51. The molecule has 0 unspecified atom stereocenters. The van der Waals surface area contributed by atoms with Gasteiger partial charge in [0.25, 0.3) is 0 Å². The van der Waals surface area contributed by atoms with Crippen LogP contribution in [0, 0.1) is 0 Å². The van der Waals surface area contributed by atoms with Gasteiger partial charge >= 0.3 is 0 Å². The minimum Gasteiger partial charge on any atom is -0.208 e. The molecule has 0 spiro atoms. The van der Waals surface area contributed by atoms with Crippen LogP contribution in [0.2, 0.25) is 0 Å². The predicted octanol–water partition coefficient (Wildman–Crippen LogP) is 14.4. The summed E-state index contributed by atoms with van der Waals surface area (Å²) < 4.78 is 0. The van der Waals surface area contributed by atoms with Crippen molar-refractivity contribution in [2.45, 2.75) is 24.7 Å². The van der Waals surface area contributed by atoms with Gasteiger partial charge in [-0.25, -0.2) is 15.0 Å². The summed E-state index contributed by atoms with van der Waals surface area (Å²) in [7, 11) is 0. The Hall–Kier alpha value is -7.75. The summed E-state index contributed by atoms with van der Waals surface area (Å²) >= 11 is 0. The van der Waals surface area contributed by atoms with E-state index in [0.717, 1.165) is 38.6 Å². The van der Waals surface area contributed by atoms with Gasteiger partial charge in [0.15, 0.2) is 17.5 Å². The van der Waals surface area contributed by atoms with E-state index in [9.17, 15) is 0 Å². The molecule has 0 saturated heterocycles. The van der Waals surface area contributed by atoms with Gasteiger partial charge in [-0.05, 0) is 89.7 Å². The van der Waals surface area contributed by atoms with E-state index >= 15 is 0 Å². The molecular formula is C59H41N3. The number of benzene rings is 9. The van der Waals surface area contributed by atoms with Gasteiger partial charge in [-0.15, -0.1) is 0 Å². The minimum absolute atomic E-state index is 0.177. The van der Waals surface area contributed by atoms with Crippen LogP contribution in [0.3, 0.4) is 0 Å². The van der Waals surface area contributed by atoms with Crippen LogP contribution < -0.4 is 0 Å². The van der Waals surface area contributed by atoms with E-state index in [1.807, 2.05) is 0 Å². The Labute approximate surface area is 362 Å². The maximum atomic E-state index is 5.51. The first-order valence-corrected chi connectivity index (χ1v) is 21.4. The molecule has 292 valence electrons. The first kappa shape index (κ1) is 36.1. The Morgan fingerprint density at radius 2 is 0.790 bits per heavy atom. The van der Waals surface area contributed by atoms with Crippen LogP contribution in [0.25, 0.3) is 78.3 Å². The third-order valence-corrected chi connectivity index (χ3v) is 13.4. The van der Waals surface area contributed by atoms with Crippen molar-refractivity contribution in [2.24, 2.45) is 0 Å². The number of aromatic nitrogens is 3. The first-order chi connectivity index (χ1) is 30.5. The van der Waals surface area contributed by atoms with E-state index in [1.165, 1.54) is 55.6 Å². The zero-order chi connectivity index (χ0) is 41.4. The van der Waals surface area contributed by atoms with Crippen LogP contribution >= 0.6 is 0 Å². The minimum atomic E-state index is -0.556. The van der Waals surface area contributed by atoms with Gasteiger partial charge in [-0.2, -0.15) is 0 Å². The van der Waals surface area contributed by atoms with Gasteiger partial charge in [0, 0.05) is 22.1 Å². The molecule has 0 radical (unpaired) electrons. The van der Waals surface area contributed by atoms with Crippen molar-refractivity contribution >= 4 is 10.8 Å². The van der Waals surface area contributed by atoms with Crippen molar-refractivity contribution in [3.05, 3.63) is 246 Å². The van der Waals surface area contributed by atoms with Crippen LogP contribution in [0.5, 0.6) is 0 Å². The van der Waals surface area contributed by atoms with Gasteiger partial charge in [0.1, 0.15) is 0 Å². The highest BCUT2D eigenvalue weighted by molar-refractivity contribution is 6.03. The Morgan fingerprint density at radius 3 is 1.45 bits per heavy atom. The second-order valence-electron chi connectivity index (χ2n) is 17.1. The molecule has 2 aliphatic rings. The molecule has 0 atom stereocenters. The molecular weight excluding hydrogens is 751 g/mol. The van der Waals surface area contributed by atoms with Crippen LogP contribution in [-0.4, -0.2) is 15.0 Å². The van der Waals surface area contributed by atoms with Crippen LogP contribution in [0.4, 0.5) is 0 Å². The number of fused-ring (bicyclic) bond motifs is 7. The first-order valence-electron chi connectivity index (χ1n) is 21.4. The molecule has 1 aromatic heterocycles. The molecule has 0 aliphatic heterocycles. The van der Waals surface area contributed by atoms with Gasteiger partial charge in [-0.3, -0.25) is 0 Å². The van der Waals surface area contributed by atoms with E-state index < -0.39 is 5.41 Å². The Bertz CT molecular complexity index is 3330. The lowest BCUT2D eigenvalue weighted by Crippen LogP contribution is -2.28. The lowest BCUT2D eigenvalue weighted by Gasteiger charge is -2.34. The predicted molar refractivity (Wildman–Crippen MR) is 254 cm³/mol. The summed E-state index contributed by atoms with van der Waals surface area (Å²) in [5, 5.41) is 2.23. The Morgan fingerprint density at radius 1 is 0.323 bits per heavy atom. The van der Waals surface area contributed by atoms with E-state index in [1.54, 1.807) is 0 Å². The van der Waals surface area contributed by atoms with E-state index in [0.29, 0.717) is 17.5 Å². The molecule has 0 fully saturated rings. The van der Waals surface area contributed by atoms with Gasteiger partial charge in [0.05, 0.1) is 5.41 Å². The molecule has 3 heteroatoms. The monoisotopic (exact) mass is 791 g/mol. The summed E-state index contributed by atoms with van der Waals surface area (Å²) in [4.78, 5) is 16.4. The summed E-state index contributed by atoms with van der Waals surface area (Å²) in [5.41, 5.74) is 16.9. The topological polar surface area (TPSA) is 38.7 Å². The van der Waals surface area contributed by atoms with Gasteiger partial charge < -0.3 is 0 Å². The average Bonchev–Trinajstić information content (AvgIpc) is 3.76. The second kappa shape index (κ2) is 13.9. The summed E-state index contributed by atoms with van der Waals surface area (Å²) in [6, 6.07) is 76.7. The van der Waals surface area contributed by atoms with E-state index in [2.05, 4.69) is 226 Å². The van der Waals surface area contributed by atoms with Crippen LogP contribution in [-0.2, 0) is 10.8 Å². The smallest absolute Gasteiger partial charge is 0.165 e. The number of hydrogen-bond acceptors (Lipinski definition) is 3. The molecule has 3 nitrogen and oxygen atoms in total. The third-order valence-electron chi connectivity index (χ3n) is 13.4. The van der Waals surface area contributed by atoms with Crippen LogP contribution in [0.15, 0.2) is 212 Å². The van der Waals surface area contributed by atoms with Gasteiger partial charge in [0.2, 0.25) is 0 Å². The lowest BCUT2D eigenvalue weighted by atomic mass is 9.67. The molecule has 12 rings (SSSR count). The standard InChI is InChI=1S/C59H41N3/c1-58(2)50-28-16-14-26-46(50)48-34-31-40(36-52(48)58)55-60-56(62-57(61-55)54-44-25-13-12-20-39(44)30-33-45(54)38-18-6-3-7-19-38)41-32-35-49-47-27-15-17-29-51(47)59(53(49)37-41,42-21-8-4-9-22-42)43-23-10-5-11-24-43/h3-37H,1-2H3. The van der Waals surface area contributed by atoms with E-state index in [4.69, 9.17) is 15.0 Å². The second-order valence-corrected chi connectivity index (χ2v) is 17.1. The molecule has 0 N–H and O–H groups in total. The molecule has 0 saturated carbocycles. The number of nitrogens with zero attached hydrogens (tertiary/aromatic N) is 3. The van der Waals surface area contributed by atoms with Gasteiger partial charge in [-0.1, -0.05) is 214 Å². The fraction of sp³-hybridized carbons (Fsp3) is 0.0678. The van der Waals surface area contributed by atoms with E-state index in [-0.39, 0.29) is 5.41 Å². The molecule has 0 amide bonds. The number of hydrogen-bond donors (Lipinski definition) is 0. The zero-order valence-electron chi connectivity index (χ0n) is 34.5. The SMILES string of the molecule is CC1(C)c2ccccc2-c2ccc(-c3nc(-c4ccc5c(c4)C(c4ccccc4)(c4ccccc4)c4ccccc4-5)nc(-c4c(-c5ccccc5)ccc5ccccc45)n3)cc21. The Kier molecular flexibility index (Phi) is 8.10. The zero-order valence-corrected chi connectivity index (χ0v) is 34.5. The lowest BCUT2D eigenvalue weighted by molar-refractivity contribution is 0.660. The van der Waals surface area contributed by atoms with Crippen molar-refractivity contribution in [3.63, 3.8) is 0 Å². The molecule has 10 aromatic rings. The maximum Gasteiger partial charge on any atom is 0.165 e. The highest BCUT2D eigenvalue weighted by Gasteiger charge is 2.46. The van der Waals surface area contributed by atoms with Crippen molar-refractivity contribution in [2.75, 3.05) is 0 Å². The quantitative estimate of drug-likeness (QED) is 0.168. The normalized spacial score (nSPS) is 13.9. The van der Waals surface area contributed by atoms with Crippen molar-refractivity contribution in [1.82, 2.24) is 15.0 Å². The summed E-state index contributed by atoms with van der Waals surface area (Å²) in [5.74, 6) is 1.92. The third kappa shape index (κ3) is 5.34. The summed E-state index contributed by atoms with van der Waals surface area (Å²) in [6.07, 6.45) is 0. The molecule has 1 heterocycles. The van der Waals surface area contributed by atoms with Crippen molar-refractivity contribution in [3.8, 4) is 67.5 Å². The fourth-order valence-corrected chi connectivity index (χ4v) is 10.5. The molecule has 62 heavy (non-hydrogen) atoms. The average molecular weight is 792 g/mol. The highest BCUT2D eigenvalue weighted by Crippen LogP contribution is 2.57. The van der Waals surface area contributed by atoms with Crippen LogP contribution in [0.1, 0.15) is 47.2 Å². The Balaban J connectivity index is 1.14. The number of rotatable bonds is 6. The summed E-state index contributed by atoms with van der Waals surface area (Å²) in [6.45, 7) is 4.64. The molecule has 9 aromatic carbocycles. The highest BCUT2D eigenvalue weighted by atomic mass is 15.0. The largest absolute Gasteiger partial charge is 0.208 e. The fourth-order valence-electron chi connectivity index (χ4n) is 10.5. The molecule has 0 bridgehead atoms. The molecule has 2 aliphatic carbocycles.